The lowest BCUT2D eigenvalue weighted by molar-refractivity contribution is -0.138. The number of carbonyl (C=O) groups is 1. The molecule has 0 aromatic rings. The van der Waals surface area contributed by atoms with Crippen LogP contribution in [0.4, 0.5) is 0 Å². The van der Waals surface area contributed by atoms with Crippen LogP contribution in [0.2, 0.25) is 0 Å². The molecule has 2 saturated carbocycles. The van der Waals surface area contributed by atoms with Crippen molar-refractivity contribution in [2.24, 2.45) is 22.7 Å². The number of fused-ring (bicyclic) bond motifs is 1. The summed E-state index contributed by atoms with van der Waals surface area (Å²) in [6.07, 6.45) is 7.47. The van der Waals surface area contributed by atoms with Gasteiger partial charge in [-0.1, -0.05) is 27.2 Å². The minimum absolute atomic E-state index is 0.0419. The van der Waals surface area contributed by atoms with Gasteiger partial charge in [-0.15, -0.1) is 0 Å². The number of carbonyl (C=O) groups excluding carboxylic acids is 1. The van der Waals surface area contributed by atoms with Crippen LogP contribution in [-0.2, 0) is 4.79 Å². The molecule has 0 aliphatic heterocycles. The molecule has 0 aromatic carbocycles. The highest BCUT2D eigenvalue weighted by molar-refractivity contribution is 5.83. The largest absolute Gasteiger partial charge is 0.299 e. The molecule has 16 heavy (non-hydrogen) atoms. The standard InChI is InChI=1S/C15H26O/c1-11(2)13-6-9-14(4)7-5-8-15(14,10-13)12(3)16/h11,13H,5-10H2,1-4H3. The predicted molar refractivity (Wildman–Crippen MR) is 67.3 cm³/mol. The molecule has 3 unspecified atom stereocenters. The van der Waals surface area contributed by atoms with E-state index in [-0.39, 0.29) is 5.41 Å². The fraction of sp³-hybridized carbons (Fsp3) is 0.933. The van der Waals surface area contributed by atoms with E-state index in [0.717, 1.165) is 24.7 Å². The maximum Gasteiger partial charge on any atom is 0.136 e. The van der Waals surface area contributed by atoms with Crippen molar-refractivity contribution in [2.75, 3.05) is 0 Å². The zero-order valence-electron chi connectivity index (χ0n) is 11.3. The van der Waals surface area contributed by atoms with Gasteiger partial charge >= 0.3 is 0 Å². The molecule has 1 heteroatoms. The van der Waals surface area contributed by atoms with E-state index in [1.807, 2.05) is 6.92 Å². The van der Waals surface area contributed by atoms with Crippen LogP contribution < -0.4 is 0 Å². The molecule has 2 aliphatic rings. The van der Waals surface area contributed by atoms with E-state index < -0.39 is 0 Å². The molecule has 2 aliphatic carbocycles. The third kappa shape index (κ3) is 1.55. The Kier molecular flexibility index (Phi) is 2.92. The van der Waals surface area contributed by atoms with Crippen molar-refractivity contribution in [2.45, 2.75) is 66.2 Å². The summed E-state index contributed by atoms with van der Waals surface area (Å²) in [4.78, 5) is 12.2. The first-order valence-corrected chi connectivity index (χ1v) is 6.92. The van der Waals surface area contributed by atoms with Crippen LogP contribution in [-0.4, -0.2) is 5.78 Å². The van der Waals surface area contributed by atoms with Gasteiger partial charge in [-0.3, -0.25) is 4.79 Å². The lowest BCUT2D eigenvalue weighted by Crippen LogP contribution is -2.46. The topological polar surface area (TPSA) is 17.1 Å². The maximum atomic E-state index is 12.2. The zero-order chi connectivity index (χ0) is 12.0. The summed E-state index contributed by atoms with van der Waals surface area (Å²) in [5.74, 6) is 1.98. The van der Waals surface area contributed by atoms with E-state index >= 15 is 0 Å². The third-order valence-electron chi connectivity index (χ3n) is 5.78. The van der Waals surface area contributed by atoms with E-state index in [4.69, 9.17) is 0 Å². The molecule has 0 heterocycles. The summed E-state index contributed by atoms with van der Waals surface area (Å²) in [6.45, 7) is 8.84. The van der Waals surface area contributed by atoms with Crippen LogP contribution in [0.5, 0.6) is 0 Å². The van der Waals surface area contributed by atoms with Gasteiger partial charge < -0.3 is 0 Å². The molecular weight excluding hydrogens is 196 g/mol. The Morgan fingerprint density at radius 1 is 1.25 bits per heavy atom. The van der Waals surface area contributed by atoms with Gasteiger partial charge in [-0.2, -0.15) is 0 Å². The minimum atomic E-state index is 0.0419. The van der Waals surface area contributed by atoms with Gasteiger partial charge in [0.25, 0.3) is 0 Å². The van der Waals surface area contributed by atoms with Gasteiger partial charge in [0.15, 0.2) is 0 Å². The Morgan fingerprint density at radius 2 is 1.94 bits per heavy atom. The number of Topliss-reactive ketones (excluding diaryl/α,β-unsaturated/α-hetero) is 1. The number of hydrogen-bond acceptors (Lipinski definition) is 1. The Bertz CT molecular complexity index is 294. The summed E-state index contributed by atoms with van der Waals surface area (Å²) < 4.78 is 0. The highest BCUT2D eigenvalue weighted by atomic mass is 16.1. The number of rotatable bonds is 2. The lowest BCUT2D eigenvalue weighted by atomic mass is 9.53. The SMILES string of the molecule is CC(=O)C12CCCC1(C)CCC(C(C)C)C2. The van der Waals surface area contributed by atoms with Crippen LogP contribution >= 0.6 is 0 Å². The van der Waals surface area contributed by atoms with Crippen molar-refractivity contribution >= 4 is 5.78 Å². The first-order chi connectivity index (χ1) is 7.41. The van der Waals surface area contributed by atoms with Crippen molar-refractivity contribution in [1.29, 1.82) is 0 Å². The number of ketones is 1. The van der Waals surface area contributed by atoms with Gasteiger partial charge in [0.05, 0.1) is 0 Å². The second-order valence-electron chi connectivity index (χ2n) is 6.80. The van der Waals surface area contributed by atoms with Crippen molar-refractivity contribution in [3.63, 3.8) is 0 Å². The van der Waals surface area contributed by atoms with Crippen LogP contribution in [0.3, 0.4) is 0 Å². The highest BCUT2D eigenvalue weighted by Gasteiger charge is 2.57. The van der Waals surface area contributed by atoms with E-state index in [9.17, 15) is 4.79 Å². The minimum Gasteiger partial charge on any atom is -0.299 e. The van der Waals surface area contributed by atoms with Gasteiger partial charge in [-0.25, -0.2) is 0 Å². The van der Waals surface area contributed by atoms with Crippen LogP contribution in [0, 0.1) is 22.7 Å². The molecule has 0 saturated heterocycles. The summed E-state index contributed by atoms with van der Waals surface area (Å²) >= 11 is 0. The molecule has 0 aromatic heterocycles. The Balaban J connectivity index is 2.30. The van der Waals surface area contributed by atoms with Crippen molar-refractivity contribution in [1.82, 2.24) is 0 Å². The van der Waals surface area contributed by atoms with E-state index in [1.165, 1.54) is 25.7 Å². The number of hydrogen-bond donors (Lipinski definition) is 0. The van der Waals surface area contributed by atoms with Crippen LogP contribution in [0.1, 0.15) is 66.2 Å². The molecule has 2 rings (SSSR count). The summed E-state index contributed by atoms with van der Waals surface area (Å²) in [6, 6.07) is 0. The van der Waals surface area contributed by atoms with Crippen molar-refractivity contribution in [3.05, 3.63) is 0 Å². The summed E-state index contributed by atoms with van der Waals surface area (Å²) in [7, 11) is 0. The van der Waals surface area contributed by atoms with Crippen LogP contribution in [0.25, 0.3) is 0 Å². The molecular formula is C15H26O. The lowest BCUT2D eigenvalue weighted by Gasteiger charge is -2.50. The second kappa shape index (κ2) is 3.85. The monoisotopic (exact) mass is 222 g/mol. The molecule has 0 bridgehead atoms. The molecule has 1 nitrogen and oxygen atoms in total. The highest BCUT2D eigenvalue weighted by Crippen LogP contribution is 2.63. The average molecular weight is 222 g/mol. The molecule has 0 radical (unpaired) electrons. The first kappa shape index (κ1) is 12.1. The average Bonchev–Trinajstić information content (AvgIpc) is 2.54. The van der Waals surface area contributed by atoms with Crippen molar-refractivity contribution < 1.29 is 4.79 Å². The van der Waals surface area contributed by atoms with E-state index in [2.05, 4.69) is 20.8 Å². The molecule has 3 atom stereocenters. The smallest absolute Gasteiger partial charge is 0.136 e. The molecule has 0 N–H and O–H groups in total. The van der Waals surface area contributed by atoms with Gasteiger partial charge in [0.2, 0.25) is 0 Å². The van der Waals surface area contributed by atoms with Gasteiger partial charge in [0, 0.05) is 5.41 Å². The Hall–Kier alpha value is -0.330. The fourth-order valence-electron chi connectivity index (χ4n) is 4.40. The maximum absolute atomic E-state index is 12.2. The zero-order valence-corrected chi connectivity index (χ0v) is 11.3. The Morgan fingerprint density at radius 3 is 2.50 bits per heavy atom. The Labute approximate surface area is 100.0 Å². The molecule has 92 valence electrons. The first-order valence-electron chi connectivity index (χ1n) is 6.92. The van der Waals surface area contributed by atoms with E-state index in [1.54, 1.807) is 0 Å². The molecule has 2 fully saturated rings. The molecule has 0 spiro atoms. The summed E-state index contributed by atoms with van der Waals surface area (Å²) in [5, 5.41) is 0. The van der Waals surface area contributed by atoms with Crippen LogP contribution in [0.15, 0.2) is 0 Å². The quantitative estimate of drug-likeness (QED) is 0.684. The predicted octanol–water partition coefficient (Wildman–Crippen LogP) is 4.21. The van der Waals surface area contributed by atoms with Gasteiger partial charge in [-0.05, 0) is 56.3 Å². The third-order valence-corrected chi connectivity index (χ3v) is 5.78. The van der Waals surface area contributed by atoms with Gasteiger partial charge in [0.1, 0.15) is 5.78 Å². The van der Waals surface area contributed by atoms with Crippen molar-refractivity contribution in [3.8, 4) is 0 Å². The normalized spacial score (nSPS) is 43.4. The van der Waals surface area contributed by atoms with E-state index in [0.29, 0.717) is 11.2 Å². The second-order valence-corrected chi connectivity index (χ2v) is 6.80. The summed E-state index contributed by atoms with van der Waals surface area (Å²) in [5.41, 5.74) is 0.365. The fourth-order valence-corrected chi connectivity index (χ4v) is 4.40. The molecule has 0 amide bonds.